The third-order valence-corrected chi connectivity index (χ3v) is 20.3. The summed E-state index contributed by atoms with van der Waals surface area (Å²) in [4.78, 5) is 72.8. The number of unbranched alkanes of at least 4 members (excludes halogenated alkanes) is 45. The Kier molecular flexibility index (Phi) is 68.1. The minimum Gasteiger partial charge on any atom is -0.462 e. The molecule has 0 rings (SSSR count). The van der Waals surface area contributed by atoms with Gasteiger partial charge in [0.2, 0.25) is 0 Å². The van der Waals surface area contributed by atoms with Gasteiger partial charge in [0.15, 0.2) is 12.2 Å². The van der Waals surface area contributed by atoms with E-state index in [9.17, 15) is 43.2 Å². The quantitative estimate of drug-likeness (QED) is 0.0222. The molecule has 0 heterocycles. The molecule has 0 aliphatic rings. The molecule has 0 radical (unpaired) electrons. The van der Waals surface area contributed by atoms with E-state index >= 15 is 0 Å². The van der Waals surface area contributed by atoms with Crippen LogP contribution in [0.1, 0.15) is 408 Å². The van der Waals surface area contributed by atoms with E-state index in [0.29, 0.717) is 31.6 Å². The van der Waals surface area contributed by atoms with Crippen molar-refractivity contribution in [3.05, 3.63) is 0 Å². The number of rotatable bonds is 77. The Morgan fingerprint density at radius 1 is 0.276 bits per heavy atom. The van der Waals surface area contributed by atoms with E-state index < -0.39 is 97.5 Å². The minimum absolute atomic E-state index is 0.106. The van der Waals surface area contributed by atoms with Crippen LogP contribution in [0.4, 0.5) is 0 Å². The highest BCUT2D eigenvalue weighted by Crippen LogP contribution is 2.45. The highest BCUT2D eigenvalue weighted by Gasteiger charge is 2.30. The number of ether oxygens (including phenoxy) is 4. The van der Waals surface area contributed by atoms with Crippen LogP contribution in [0.25, 0.3) is 0 Å². The molecule has 3 N–H and O–H groups in total. The van der Waals surface area contributed by atoms with E-state index in [4.69, 9.17) is 37.0 Å². The van der Waals surface area contributed by atoms with Crippen molar-refractivity contribution in [2.45, 2.75) is 426 Å². The number of carbonyl (C=O) groups is 4. The van der Waals surface area contributed by atoms with E-state index in [2.05, 4.69) is 48.5 Å². The molecule has 582 valence electrons. The Bertz CT molecular complexity index is 1900. The summed E-state index contributed by atoms with van der Waals surface area (Å²) in [5.74, 6) is 0.186. The molecule has 5 atom stereocenters. The zero-order valence-electron chi connectivity index (χ0n) is 64.3. The van der Waals surface area contributed by atoms with Gasteiger partial charge < -0.3 is 33.8 Å². The Balaban J connectivity index is 5.20. The van der Waals surface area contributed by atoms with E-state index in [0.717, 1.165) is 108 Å². The number of phosphoric acid groups is 2. The largest absolute Gasteiger partial charge is 0.472 e. The first-order chi connectivity index (χ1) is 47.2. The van der Waals surface area contributed by atoms with Crippen LogP contribution < -0.4 is 0 Å². The van der Waals surface area contributed by atoms with E-state index in [-0.39, 0.29) is 25.7 Å². The predicted octanol–water partition coefficient (Wildman–Crippen LogP) is 23.4. The average molecular weight is 1440 g/mol. The Hall–Kier alpha value is -1.94. The van der Waals surface area contributed by atoms with Gasteiger partial charge in [-0.2, -0.15) is 0 Å². The molecule has 0 spiro atoms. The smallest absolute Gasteiger partial charge is 0.462 e. The molecule has 0 aromatic heterocycles. The summed E-state index contributed by atoms with van der Waals surface area (Å²) < 4.78 is 68.6. The Labute approximate surface area is 600 Å². The van der Waals surface area contributed by atoms with Crippen molar-refractivity contribution in [1.29, 1.82) is 0 Å². The zero-order chi connectivity index (χ0) is 72.3. The third kappa shape index (κ3) is 72.4. The number of aliphatic hydroxyl groups excluding tert-OH is 1. The maximum absolute atomic E-state index is 13.1. The fraction of sp³-hybridized carbons (Fsp3) is 0.949. The number of esters is 4. The Morgan fingerprint density at radius 3 is 0.694 bits per heavy atom. The van der Waals surface area contributed by atoms with Crippen molar-refractivity contribution in [3.8, 4) is 0 Å². The van der Waals surface area contributed by atoms with E-state index in [1.165, 1.54) is 212 Å². The van der Waals surface area contributed by atoms with Gasteiger partial charge >= 0.3 is 39.5 Å². The van der Waals surface area contributed by atoms with Crippen LogP contribution in [0.5, 0.6) is 0 Å². The molecule has 0 saturated carbocycles. The number of hydrogen-bond donors (Lipinski definition) is 3. The van der Waals surface area contributed by atoms with Gasteiger partial charge in [-0.1, -0.05) is 357 Å². The lowest BCUT2D eigenvalue weighted by Crippen LogP contribution is -2.30. The van der Waals surface area contributed by atoms with Gasteiger partial charge in [-0.3, -0.25) is 37.3 Å². The first-order valence-corrected chi connectivity index (χ1v) is 43.8. The second-order valence-electron chi connectivity index (χ2n) is 29.9. The monoisotopic (exact) mass is 1440 g/mol. The first kappa shape index (κ1) is 96.1. The van der Waals surface area contributed by atoms with Crippen LogP contribution in [-0.4, -0.2) is 96.7 Å². The highest BCUT2D eigenvalue weighted by molar-refractivity contribution is 7.47. The summed E-state index contributed by atoms with van der Waals surface area (Å²) in [6.07, 6.45) is 57.1. The first-order valence-electron chi connectivity index (χ1n) is 40.8. The van der Waals surface area contributed by atoms with Gasteiger partial charge in [-0.25, -0.2) is 9.13 Å². The summed E-state index contributed by atoms with van der Waals surface area (Å²) in [6, 6.07) is 0. The van der Waals surface area contributed by atoms with E-state index in [1.807, 2.05) is 0 Å². The molecule has 98 heavy (non-hydrogen) atoms. The normalized spacial score (nSPS) is 14.0. The molecule has 0 aromatic rings. The molecule has 0 fully saturated rings. The zero-order valence-corrected chi connectivity index (χ0v) is 66.0. The van der Waals surface area contributed by atoms with Crippen LogP contribution >= 0.6 is 15.6 Å². The lowest BCUT2D eigenvalue weighted by atomic mass is 10.0. The second-order valence-corrected chi connectivity index (χ2v) is 32.8. The lowest BCUT2D eigenvalue weighted by molar-refractivity contribution is -0.161. The summed E-state index contributed by atoms with van der Waals surface area (Å²) >= 11 is 0. The standard InChI is InChI=1S/C79H154O17P2/c1-8-9-10-11-12-13-26-34-39-48-55-62-78(83)96-75(67-90-77(82)61-54-47-42-41-45-52-59-72(6)7)69-94-98(87,88)92-65-73(80)64-91-97(85,86)93-68-74(95-79(84)63-56-49-40-35-30-25-21-17-15-19-23-28-32-37-44-51-58-71(4)5)66-89-76(81)60-53-46-38-33-29-24-20-16-14-18-22-27-31-36-43-50-57-70(2)3/h70-75,80H,8-69H2,1-7H3,(H,85,86)(H,87,88)/t73-,74-,75-/m1/s1. The topological polar surface area (TPSA) is 237 Å². The van der Waals surface area contributed by atoms with Crippen molar-refractivity contribution in [2.75, 3.05) is 39.6 Å². The number of phosphoric ester groups is 2. The lowest BCUT2D eigenvalue weighted by Gasteiger charge is -2.21. The van der Waals surface area contributed by atoms with Crippen LogP contribution in [0.15, 0.2) is 0 Å². The van der Waals surface area contributed by atoms with Crippen LogP contribution in [0, 0.1) is 17.8 Å². The van der Waals surface area contributed by atoms with Crippen LogP contribution in [-0.2, 0) is 65.4 Å². The summed E-state index contributed by atoms with van der Waals surface area (Å²) in [6.45, 7) is 11.9. The fourth-order valence-electron chi connectivity index (χ4n) is 12.1. The molecule has 19 heteroatoms. The molecule has 2 unspecified atom stereocenters. The molecular weight excluding hydrogens is 1280 g/mol. The van der Waals surface area contributed by atoms with Gasteiger partial charge in [0.25, 0.3) is 0 Å². The summed E-state index contributed by atoms with van der Waals surface area (Å²) in [5.41, 5.74) is 0. The molecule has 0 saturated heterocycles. The van der Waals surface area contributed by atoms with Crippen molar-refractivity contribution >= 4 is 39.5 Å². The molecule has 0 amide bonds. The van der Waals surface area contributed by atoms with Crippen molar-refractivity contribution in [1.82, 2.24) is 0 Å². The molecular formula is C79H154O17P2. The van der Waals surface area contributed by atoms with Gasteiger partial charge in [-0.05, 0) is 43.4 Å². The summed E-state index contributed by atoms with van der Waals surface area (Å²) in [5, 5.41) is 10.6. The Morgan fingerprint density at radius 2 is 0.469 bits per heavy atom. The summed E-state index contributed by atoms with van der Waals surface area (Å²) in [7, 11) is -9.91. The van der Waals surface area contributed by atoms with Gasteiger partial charge in [0.1, 0.15) is 19.3 Å². The van der Waals surface area contributed by atoms with Gasteiger partial charge in [-0.15, -0.1) is 0 Å². The second kappa shape index (κ2) is 69.4. The van der Waals surface area contributed by atoms with Gasteiger partial charge in [0.05, 0.1) is 26.4 Å². The maximum atomic E-state index is 13.1. The fourth-order valence-corrected chi connectivity index (χ4v) is 13.7. The van der Waals surface area contributed by atoms with E-state index in [1.54, 1.807) is 0 Å². The minimum atomic E-state index is -4.96. The predicted molar refractivity (Wildman–Crippen MR) is 400 cm³/mol. The van der Waals surface area contributed by atoms with Crippen LogP contribution in [0.3, 0.4) is 0 Å². The average Bonchev–Trinajstić information content (AvgIpc) is 0.946. The van der Waals surface area contributed by atoms with Gasteiger partial charge in [0, 0.05) is 25.7 Å². The molecule has 0 aliphatic carbocycles. The van der Waals surface area contributed by atoms with Crippen LogP contribution in [0.2, 0.25) is 0 Å². The number of hydrogen-bond acceptors (Lipinski definition) is 15. The number of carbonyl (C=O) groups excluding carboxylic acids is 4. The third-order valence-electron chi connectivity index (χ3n) is 18.4. The number of aliphatic hydroxyl groups is 1. The SMILES string of the molecule is CCCCCCCCCCCCCC(=O)O[C@H](COC(=O)CCCCCCCCC(C)C)COP(=O)(O)OC[C@H](O)COP(=O)(O)OC[C@@H](COC(=O)CCCCCCCCCCCCCCCCCCC(C)C)OC(=O)CCCCCCCCCCCCCCCCCCC(C)C. The van der Waals surface area contributed by atoms with Crippen molar-refractivity contribution in [2.24, 2.45) is 17.8 Å². The molecule has 0 bridgehead atoms. The molecule has 17 nitrogen and oxygen atoms in total. The highest BCUT2D eigenvalue weighted by atomic mass is 31.2. The van der Waals surface area contributed by atoms with Crippen molar-refractivity contribution in [3.63, 3.8) is 0 Å². The maximum Gasteiger partial charge on any atom is 0.472 e. The molecule has 0 aromatic carbocycles. The molecule has 0 aliphatic heterocycles. The van der Waals surface area contributed by atoms with Crippen molar-refractivity contribution < 1.29 is 80.2 Å².